The maximum Gasteiger partial charge on any atom is 0.317 e. The average molecular weight is 385 g/mol. The Morgan fingerprint density at radius 2 is 2.04 bits per heavy atom. The minimum atomic E-state index is -0.00120. The van der Waals surface area contributed by atoms with Crippen LogP contribution in [0.2, 0.25) is 0 Å². The first-order valence-electron chi connectivity index (χ1n) is 9.29. The molecule has 0 radical (unpaired) electrons. The van der Waals surface area contributed by atoms with Gasteiger partial charge < -0.3 is 19.7 Å². The molecule has 0 spiro atoms. The summed E-state index contributed by atoms with van der Waals surface area (Å²) in [5, 5.41) is 3.49. The summed E-state index contributed by atoms with van der Waals surface area (Å²) in [5.74, 6) is 2.46. The molecule has 0 aliphatic carbocycles. The van der Waals surface area contributed by atoms with Gasteiger partial charge in [0, 0.05) is 30.6 Å². The van der Waals surface area contributed by atoms with Crippen LogP contribution in [0.4, 0.5) is 4.79 Å². The highest BCUT2D eigenvalue weighted by atomic mass is 32.2. The van der Waals surface area contributed by atoms with E-state index < -0.39 is 0 Å². The first kappa shape index (κ1) is 18.0. The lowest BCUT2D eigenvalue weighted by atomic mass is 10.0. The molecule has 2 aromatic carbocycles. The van der Waals surface area contributed by atoms with Gasteiger partial charge in [0.2, 0.25) is 6.79 Å². The quantitative estimate of drug-likeness (QED) is 0.865. The number of carbonyl (C=O) groups is 1. The number of carbonyl (C=O) groups excluding carboxylic acids is 1. The number of aryl methyl sites for hydroxylation is 1. The number of benzene rings is 2. The Kier molecular flexibility index (Phi) is 5.43. The molecular weight excluding hydrogens is 360 g/mol. The third-order valence-corrected chi connectivity index (χ3v) is 6.36. The van der Waals surface area contributed by atoms with Crippen LogP contribution in [0.5, 0.6) is 11.5 Å². The SMILES string of the molecule is Cc1ccccc1C1CCN(C(=O)NCc2ccc3c(c2)OCO3)CCS1. The van der Waals surface area contributed by atoms with E-state index in [2.05, 4.69) is 36.5 Å². The van der Waals surface area contributed by atoms with Crippen molar-refractivity contribution in [2.45, 2.75) is 25.1 Å². The van der Waals surface area contributed by atoms with E-state index in [1.54, 1.807) is 0 Å². The third-order valence-electron chi connectivity index (χ3n) is 5.04. The smallest absolute Gasteiger partial charge is 0.317 e. The van der Waals surface area contributed by atoms with Crippen molar-refractivity contribution in [2.75, 3.05) is 25.6 Å². The first-order valence-corrected chi connectivity index (χ1v) is 10.3. The van der Waals surface area contributed by atoms with E-state index in [0.717, 1.165) is 42.3 Å². The molecule has 27 heavy (non-hydrogen) atoms. The second-order valence-corrected chi connectivity index (χ2v) is 8.15. The van der Waals surface area contributed by atoms with Crippen LogP contribution in [0.15, 0.2) is 42.5 Å². The standard InChI is InChI=1S/C21H24N2O3S/c1-15-4-2-3-5-17(15)20-8-9-23(10-11-27-20)21(24)22-13-16-6-7-18-19(12-16)26-14-25-18/h2-7,12,20H,8-11,13-14H2,1H3,(H,22,24). The lowest BCUT2D eigenvalue weighted by Crippen LogP contribution is -2.40. The summed E-state index contributed by atoms with van der Waals surface area (Å²) in [5.41, 5.74) is 3.73. The molecule has 1 atom stereocenters. The van der Waals surface area contributed by atoms with E-state index >= 15 is 0 Å². The Labute approximate surface area is 164 Å². The molecule has 2 amide bonds. The maximum atomic E-state index is 12.6. The van der Waals surface area contributed by atoms with Gasteiger partial charge in [-0.2, -0.15) is 11.8 Å². The second-order valence-electron chi connectivity index (χ2n) is 6.84. The average Bonchev–Trinajstić information content (AvgIpc) is 3.01. The monoisotopic (exact) mass is 384 g/mol. The van der Waals surface area contributed by atoms with Crippen molar-refractivity contribution < 1.29 is 14.3 Å². The molecule has 2 heterocycles. The number of hydrogen-bond donors (Lipinski definition) is 1. The van der Waals surface area contributed by atoms with Crippen LogP contribution < -0.4 is 14.8 Å². The molecule has 1 unspecified atom stereocenters. The molecule has 0 aromatic heterocycles. The molecule has 4 rings (SSSR count). The maximum absolute atomic E-state index is 12.6. The zero-order chi connectivity index (χ0) is 18.6. The number of nitrogens with one attached hydrogen (secondary N) is 1. The van der Waals surface area contributed by atoms with Gasteiger partial charge in [-0.05, 0) is 42.2 Å². The number of thioether (sulfide) groups is 1. The number of fused-ring (bicyclic) bond motifs is 1. The van der Waals surface area contributed by atoms with Gasteiger partial charge in [0.15, 0.2) is 11.5 Å². The Morgan fingerprint density at radius 1 is 1.19 bits per heavy atom. The summed E-state index contributed by atoms with van der Waals surface area (Å²) < 4.78 is 10.7. The van der Waals surface area contributed by atoms with Crippen molar-refractivity contribution in [3.8, 4) is 11.5 Å². The van der Waals surface area contributed by atoms with Crippen molar-refractivity contribution in [1.82, 2.24) is 10.2 Å². The normalized spacial score (nSPS) is 18.9. The van der Waals surface area contributed by atoms with Crippen LogP contribution in [-0.2, 0) is 6.54 Å². The predicted molar refractivity (Wildman–Crippen MR) is 107 cm³/mol. The molecule has 1 N–H and O–H groups in total. The highest BCUT2D eigenvalue weighted by Gasteiger charge is 2.23. The number of ether oxygens (including phenoxy) is 2. The van der Waals surface area contributed by atoms with Gasteiger partial charge in [-0.15, -0.1) is 0 Å². The molecule has 6 heteroatoms. The van der Waals surface area contributed by atoms with E-state index in [9.17, 15) is 4.79 Å². The van der Waals surface area contributed by atoms with E-state index in [1.165, 1.54) is 11.1 Å². The fourth-order valence-corrected chi connectivity index (χ4v) is 4.84. The van der Waals surface area contributed by atoms with Gasteiger partial charge in [0.1, 0.15) is 0 Å². The second kappa shape index (κ2) is 8.13. The Balaban J connectivity index is 1.32. The topological polar surface area (TPSA) is 50.8 Å². The Bertz CT molecular complexity index is 827. The van der Waals surface area contributed by atoms with Crippen LogP contribution in [-0.4, -0.2) is 36.6 Å². The van der Waals surface area contributed by atoms with Crippen molar-refractivity contribution >= 4 is 17.8 Å². The van der Waals surface area contributed by atoms with E-state index in [4.69, 9.17) is 9.47 Å². The molecular formula is C21H24N2O3S. The van der Waals surface area contributed by atoms with Gasteiger partial charge in [0.05, 0.1) is 0 Å². The molecule has 2 aliphatic heterocycles. The minimum absolute atomic E-state index is 0.00120. The number of urea groups is 1. The lowest BCUT2D eigenvalue weighted by molar-refractivity contribution is 0.174. The van der Waals surface area contributed by atoms with Crippen LogP contribution in [0.3, 0.4) is 0 Å². The zero-order valence-corrected chi connectivity index (χ0v) is 16.3. The van der Waals surface area contributed by atoms with Gasteiger partial charge >= 0.3 is 6.03 Å². The summed E-state index contributed by atoms with van der Waals surface area (Å²) in [7, 11) is 0. The van der Waals surface area contributed by atoms with Crippen LogP contribution in [0, 0.1) is 6.92 Å². The number of hydrogen-bond acceptors (Lipinski definition) is 4. The van der Waals surface area contributed by atoms with Gasteiger partial charge in [0.25, 0.3) is 0 Å². The summed E-state index contributed by atoms with van der Waals surface area (Å²) >= 11 is 1.95. The molecule has 0 saturated carbocycles. The molecule has 5 nitrogen and oxygen atoms in total. The van der Waals surface area contributed by atoms with Gasteiger partial charge in [-0.1, -0.05) is 30.3 Å². The highest BCUT2D eigenvalue weighted by molar-refractivity contribution is 7.99. The fraction of sp³-hybridized carbons (Fsp3) is 0.381. The summed E-state index contributed by atoms with van der Waals surface area (Å²) in [4.78, 5) is 14.5. The fourth-order valence-electron chi connectivity index (χ4n) is 3.51. The molecule has 1 fully saturated rings. The molecule has 1 saturated heterocycles. The van der Waals surface area contributed by atoms with Crippen LogP contribution >= 0.6 is 11.8 Å². The van der Waals surface area contributed by atoms with Gasteiger partial charge in [-0.25, -0.2) is 4.79 Å². The number of rotatable bonds is 3. The first-order chi connectivity index (χ1) is 13.2. The van der Waals surface area contributed by atoms with E-state index in [-0.39, 0.29) is 12.8 Å². The van der Waals surface area contributed by atoms with Crippen molar-refractivity contribution in [2.24, 2.45) is 0 Å². The largest absolute Gasteiger partial charge is 0.454 e. The molecule has 2 aromatic rings. The van der Waals surface area contributed by atoms with Crippen molar-refractivity contribution in [3.63, 3.8) is 0 Å². The van der Waals surface area contributed by atoms with E-state index in [0.29, 0.717) is 11.8 Å². The zero-order valence-electron chi connectivity index (χ0n) is 15.4. The van der Waals surface area contributed by atoms with Crippen molar-refractivity contribution in [3.05, 3.63) is 59.2 Å². The highest BCUT2D eigenvalue weighted by Crippen LogP contribution is 2.36. The Hall–Kier alpha value is -2.34. The minimum Gasteiger partial charge on any atom is -0.454 e. The molecule has 142 valence electrons. The Morgan fingerprint density at radius 3 is 2.93 bits per heavy atom. The predicted octanol–water partition coefficient (Wildman–Crippen LogP) is 4.11. The molecule has 0 bridgehead atoms. The number of nitrogens with zero attached hydrogens (tertiary/aromatic N) is 1. The van der Waals surface area contributed by atoms with Crippen molar-refractivity contribution in [1.29, 1.82) is 0 Å². The lowest BCUT2D eigenvalue weighted by Gasteiger charge is -2.21. The number of amides is 2. The summed E-state index contributed by atoms with van der Waals surface area (Å²) in [6.07, 6.45) is 0.979. The summed E-state index contributed by atoms with van der Waals surface area (Å²) in [6.45, 7) is 4.47. The third kappa shape index (κ3) is 4.16. The van der Waals surface area contributed by atoms with Crippen LogP contribution in [0.25, 0.3) is 0 Å². The van der Waals surface area contributed by atoms with E-state index in [1.807, 2.05) is 34.9 Å². The van der Waals surface area contributed by atoms with Crippen LogP contribution in [0.1, 0.15) is 28.4 Å². The molecule has 2 aliphatic rings. The van der Waals surface area contributed by atoms with Gasteiger partial charge in [-0.3, -0.25) is 0 Å². The summed E-state index contributed by atoms with van der Waals surface area (Å²) in [6, 6.07) is 14.3.